The zero-order chi connectivity index (χ0) is 13.8. The van der Waals surface area contributed by atoms with E-state index in [-0.39, 0.29) is 11.5 Å². The molecule has 0 saturated carbocycles. The van der Waals surface area contributed by atoms with Crippen molar-refractivity contribution in [1.29, 1.82) is 0 Å². The van der Waals surface area contributed by atoms with Gasteiger partial charge in [0.2, 0.25) is 0 Å². The van der Waals surface area contributed by atoms with E-state index >= 15 is 0 Å². The monoisotopic (exact) mass is 256 g/mol. The molecule has 0 spiro atoms. The number of ether oxygens (including phenoxy) is 1. The Bertz CT molecular complexity index is 588. The summed E-state index contributed by atoms with van der Waals surface area (Å²) in [6.07, 6.45) is 0.657. The lowest BCUT2D eigenvalue weighted by Crippen LogP contribution is -1.99. The van der Waals surface area contributed by atoms with Crippen LogP contribution in [0.3, 0.4) is 0 Å². The molecule has 0 aromatic heterocycles. The fraction of sp³-hybridized carbons (Fsp3) is 0.188. The Morgan fingerprint density at radius 1 is 1.21 bits per heavy atom. The third kappa shape index (κ3) is 2.94. The molecule has 2 aromatic carbocycles. The first-order valence-electron chi connectivity index (χ1n) is 6.06. The topological polar surface area (TPSA) is 46.5 Å². The van der Waals surface area contributed by atoms with E-state index in [9.17, 15) is 9.90 Å². The minimum absolute atomic E-state index is 0.0406. The summed E-state index contributed by atoms with van der Waals surface area (Å²) in [4.78, 5) is 11.5. The van der Waals surface area contributed by atoms with E-state index in [1.54, 1.807) is 13.2 Å². The lowest BCUT2D eigenvalue weighted by atomic mass is 9.99. The summed E-state index contributed by atoms with van der Waals surface area (Å²) in [5.74, 6) is 0.391. The molecule has 3 heteroatoms. The number of aromatic hydroxyl groups is 1. The molecule has 0 aliphatic heterocycles. The summed E-state index contributed by atoms with van der Waals surface area (Å²) in [5.41, 5.74) is 2.34. The summed E-state index contributed by atoms with van der Waals surface area (Å²) in [7, 11) is 1.55. The molecule has 0 fully saturated rings. The summed E-state index contributed by atoms with van der Waals surface area (Å²) >= 11 is 0. The average Bonchev–Trinajstić information content (AvgIpc) is 2.41. The number of carbonyl (C=O) groups excluding carboxylic acids is 1. The number of methoxy groups -OCH3 is 1. The Morgan fingerprint density at radius 2 is 1.89 bits per heavy atom. The number of rotatable bonds is 4. The minimum Gasteiger partial charge on any atom is -0.507 e. The second kappa shape index (κ2) is 5.57. The highest BCUT2D eigenvalue weighted by Crippen LogP contribution is 2.30. The number of phenols is 1. The zero-order valence-corrected chi connectivity index (χ0v) is 11.0. The summed E-state index contributed by atoms with van der Waals surface area (Å²) in [5, 5.41) is 9.78. The summed E-state index contributed by atoms with van der Waals surface area (Å²) in [6, 6.07) is 13.1. The molecule has 0 radical (unpaired) electrons. The molecule has 0 bridgehead atoms. The van der Waals surface area contributed by atoms with Crippen molar-refractivity contribution in [3.63, 3.8) is 0 Å². The van der Waals surface area contributed by atoms with Crippen molar-refractivity contribution in [3.8, 4) is 11.5 Å². The minimum atomic E-state index is -0.158. The molecular formula is C16H16O3. The van der Waals surface area contributed by atoms with Crippen molar-refractivity contribution in [1.82, 2.24) is 0 Å². The van der Waals surface area contributed by atoms with Crippen LogP contribution in [0, 0.1) is 0 Å². The van der Waals surface area contributed by atoms with E-state index in [2.05, 4.69) is 0 Å². The summed E-state index contributed by atoms with van der Waals surface area (Å²) in [6.45, 7) is 1.44. The first kappa shape index (κ1) is 13.1. The number of phenolic OH excluding ortho intramolecular Hbond substituents is 1. The number of ketones is 1. The predicted octanol–water partition coefficient (Wildman–Crippen LogP) is 3.19. The molecule has 0 aliphatic rings. The lowest BCUT2D eigenvalue weighted by Gasteiger charge is -2.11. The van der Waals surface area contributed by atoms with Crippen LogP contribution in [-0.2, 0) is 6.42 Å². The highest BCUT2D eigenvalue weighted by molar-refractivity contribution is 5.97. The first-order chi connectivity index (χ1) is 9.11. The van der Waals surface area contributed by atoms with Crippen molar-refractivity contribution >= 4 is 5.78 Å². The third-order valence-electron chi connectivity index (χ3n) is 3.02. The Morgan fingerprint density at radius 3 is 2.47 bits per heavy atom. The number of carbonyl (C=O) groups is 1. The van der Waals surface area contributed by atoms with Gasteiger partial charge in [0.1, 0.15) is 11.5 Å². The smallest absolute Gasteiger partial charge is 0.163 e. The van der Waals surface area contributed by atoms with Gasteiger partial charge in [0, 0.05) is 12.5 Å². The molecule has 2 aromatic rings. The van der Waals surface area contributed by atoms with Gasteiger partial charge in [-0.2, -0.15) is 0 Å². The Balaban J connectivity index is 2.43. The van der Waals surface area contributed by atoms with Crippen LogP contribution in [0.15, 0.2) is 42.5 Å². The van der Waals surface area contributed by atoms with Gasteiger partial charge >= 0.3 is 0 Å². The van der Waals surface area contributed by atoms with E-state index in [0.29, 0.717) is 17.7 Å². The SMILES string of the molecule is COc1cc(O)c(C(C)=O)cc1Cc1ccccc1. The third-order valence-corrected chi connectivity index (χ3v) is 3.02. The quantitative estimate of drug-likeness (QED) is 0.854. The molecular weight excluding hydrogens is 240 g/mol. The number of benzene rings is 2. The van der Waals surface area contributed by atoms with Crippen molar-refractivity contribution in [3.05, 3.63) is 59.2 Å². The molecule has 2 rings (SSSR count). The van der Waals surface area contributed by atoms with E-state index < -0.39 is 0 Å². The van der Waals surface area contributed by atoms with Crippen molar-refractivity contribution in [2.45, 2.75) is 13.3 Å². The first-order valence-corrected chi connectivity index (χ1v) is 6.06. The predicted molar refractivity (Wildman–Crippen MR) is 73.9 cm³/mol. The van der Waals surface area contributed by atoms with Crippen molar-refractivity contribution < 1.29 is 14.6 Å². The highest BCUT2D eigenvalue weighted by atomic mass is 16.5. The number of hydrogen-bond donors (Lipinski definition) is 1. The number of hydrogen-bond acceptors (Lipinski definition) is 3. The molecule has 0 unspecified atom stereocenters. The second-order valence-electron chi connectivity index (χ2n) is 4.40. The van der Waals surface area contributed by atoms with Gasteiger partial charge in [0.05, 0.1) is 12.7 Å². The highest BCUT2D eigenvalue weighted by Gasteiger charge is 2.13. The van der Waals surface area contributed by atoms with Crippen LogP contribution in [0.5, 0.6) is 11.5 Å². The second-order valence-corrected chi connectivity index (χ2v) is 4.40. The normalized spacial score (nSPS) is 10.2. The zero-order valence-electron chi connectivity index (χ0n) is 11.0. The molecule has 0 amide bonds. The standard InChI is InChI=1S/C16H16O3/c1-11(17)14-9-13(16(19-2)10-15(14)18)8-12-6-4-3-5-7-12/h3-7,9-10,18H,8H2,1-2H3. The average molecular weight is 256 g/mol. The number of Topliss-reactive ketones (excluding diaryl/α,β-unsaturated/α-hetero) is 1. The van der Waals surface area contributed by atoms with Crippen LogP contribution in [0.1, 0.15) is 28.4 Å². The van der Waals surface area contributed by atoms with Crippen LogP contribution in [0.25, 0.3) is 0 Å². The van der Waals surface area contributed by atoms with Gasteiger partial charge in [-0.25, -0.2) is 0 Å². The van der Waals surface area contributed by atoms with Crippen LogP contribution in [-0.4, -0.2) is 18.0 Å². The van der Waals surface area contributed by atoms with E-state index in [1.807, 2.05) is 30.3 Å². The van der Waals surface area contributed by atoms with E-state index in [1.165, 1.54) is 13.0 Å². The van der Waals surface area contributed by atoms with Crippen LogP contribution in [0.2, 0.25) is 0 Å². The van der Waals surface area contributed by atoms with Gasteiger partial charge in [-0.05, 0) is 24.1 Å². The lowest BCUT2D eigenvalue weighted by molar-refractivity contribution is 0.101. The van der Waals surface area contributed by atoms with Gasteiger partial charge in [0.25, 0.3) is 0 Å². The maximum absolute atomic E-state index is 11.5. The van der Waals surface area contributed by atoms with Crippen LogP contribution in [0.4, 0.5) is 0 Å². The Hall–Kier alpha value is -2.29. The van der Waals surface area contributed by atoms with Crippen molar-refractivity contribution in [2.75, 3.05) is 7.11 Å². The van der Waals surface area contributed by atoms with Crippen LogP contribution < -0.4 is 4.74 Å². The van der Waals surface area contributed by atoms with Gasteiger partial charge in [0.15, 0.2) is 5.78 Å². The van der Waals surface area contributed by atoms with E-state index in [4.69, 9.17) is 4.74 Å². The van der Waals surface area contributed by atoms with Gasteiger partial charge in [-0.3, -0.25) is 4.79 Å². The molecule has 0 atom stereocenters. The Labute approximate surface area is 112 Å². The fourth-order valence-electron chi connectivity index (χ4n) is 2.04. The molecule has 3 nitrogen and oxygen atoms in total. The van der Waals surface area contributed by atoms with Gasteiger partial charge < -0.3 is 9.84 Å². The van der Waals surface area contributed by atoms with Crippen LogP contribution >= 0.6 is 0 Å². The molecule has 0 saturated heterocycles. The van der Waals surface area contributed by atoms with Crippen molar-refractivity contribution in [2.24, 2.45) is 0 Å². The molecule has 0 heterocycles. The van der Waals surface area contributed by atoms with E-state index in [0.717, 1.165) is 11.1 Å². The fourth-order valence-corrected chi connectivity index (χ4v) is 2.04. The maximum Gasteiger partial charge on any atom is 0.163 e. The summed E-state index contributed by atoms with van der Waals surface area (Å²) < 4.78 is 5.26. The largest absolute Gasteiger partial charge is 0.507 e. The molecule has 1 N–H and O–H groups in total. The van der Waals surface area contributed by atoms with Gasteiger partial charge in [-0.1, -0.05) is 30.3 Å². The molecule has 0 aliphatic carbocycles. The molecule has 98 valence electrons. The molecule has 19 heavy (non-hydrogen) atoms. The maximum atomic E-state index is 11.5. The Kier molecular flexibility index (Phi) is 3.85. The van der Waals surface area contributed by atoms with Gasteiger partial charge in [-0.15, -0.1) is 0 Å².